The lowest BCUT2D eigenvalue weighted by molar-refractivity contribution is 0.0746. The van der Waals surface area contributed by atoms with Gasteiger partial charge in [0.2, 0.25) is 0 Å². The first-order valence-electron chi connectivity index (χ1n) is 9.89. The van der Waals surface area contributed by atoms with Crippen LogP contribution in [0.5, 0.6) is 5.75 Å². The number of hydrogen-bond acceptors (Lipinski definition) is 5. The van der Waals surface area contributed by atoms with E-state index in [2.05, 4.69) is 9.47 Å². The van der Waals surface area contributed by atoms with Crippen LogP contribution in [0.25, 0.3) is 5.00 Å². The Morgan fingerprint density at radius 3 is 2.45 bits per heavy atom. The van der Waals surface area contributed by atoms with E-state index in [1.165, 1.54) is 10.4 Å². The molecule has 0 spiro atoms. The summed E-state index contributed by atoms with van der Waals surface area (Å²) in [5.74, 6) is 2.55. The third-order valence-electron chi connectivity index (χ3n) is 5.64. The van der Waals surface area contributed by atoms with Crippen molar-refractivity contribution in [2.24, 2.45) is 0 Å². The maximum Gasteiger partial charge on any atom is 0.257 e. The quantitative estimate of drug-likeness (QED) is 0.689. The zero-order chi connectivity index (χ0) is 19.8. The number of thioether (sulfide) groups is 1. The largest absolute Gasteiger partial charge is 0.508 e. The van der Waals surface area contributed by atoms with Gasteiger partial charge in [-0.05, 0) is 54.1 Å². The number of thiophene rings is 1. The highest BCUT2D eigenvalue weighted by molar-refractivity contribution is 7.98. The SMILES string of the molecule is O=C(c1c(-n2cccc2)sc2c1CCSC2)N1CCN(c2ccc(O)cc2)CC1. The van der Waals surface area contributed by atoms with Gasteiger partial charge >= 0.3 is 0 Å². The molecule has 150 valence electrons. The van der Waals surface area contributed by atoms with Gasteiger partial charge in [0, 0.05) is 54.9 Å². The minimum Gasteiger partial charge on any atom is -0.508 e. The highest BCUT2D eigenvalue weighted by Crippen LogP contribution is 2.39. The molecule has 1 amide bonds. The number of phenols is 1. The summed E-state index contributed by atoms with van der Waals surface area (Å²) < 4.78 is 2.09. The molecule has 5 nitrogen and oxygen atoms in total. The maximum absolute atomic E-state index is 13.6. The zero-order valence-electron chi connectivity index (χ0n) is 16.1. The smallest absolute Gasteiger partial charge is 0.257 e. The topological polar surface area (TPSA) is 48.7 Å². The monoisotopic (exact) mass is 425 g/mol. The molecule has 1 fully saturated rings. The van der Waals surface area contributed by atoms with Crippen LogP contribution in [-0.4, -0.2) is 52.4 Å². The molecule has 0 unspecified atom stereocenters. The van der Waals surface area contributed by atoms with Gasteiger partial charge in [-0.15, -0.1) is 11.3 Å². The summed E-state index contributed by atoms with van der Waals surface area (Å²) in [6.45, 7) is 3.03. The third kappa shape index (κ3) is 3.53. The van der Waals surface area contributed by atoms with Crippen LogP contribution in [0.2, 0.25) is 0 Å². The summed E-state index contributed by atoms with van der Waals surface area (Å²) >= 11 is 3.73. The summed E-state index contributed by atoms with van der Waals surface area (Å²) in [4.78, 5) is 19.2. The molecule has 5 rings (SSSR count). The van der Waals surface area contributed by atoms with Crippen molar-refractivity contribution in [2.45, 2.75) is 12.2 Å². The Bertz CT molecular complexity index is 1000. The zero-order valence-corrected chi connectivity index (χ0v) is 17.7. The number of benzene rings is 1. The fraction of sp³-hybridized carbons (Fsp3) is 0.318. The minimum atomic E-state index is 0.170. The number of phenolic OH excluding ortho intramolecular Hbond substituents is 1. The summed E-state index contributed by atoms with van der Waals surface area (Å²) in [6, 6.07) is 11.3. The number of aromatic nitrogens is 1. The van der Waals surface area contributed by atoms with E-state index in [1.807, 2.05) is 53.3 Å². The molecule has 0 bridgehead atoms. The summed E-state index contributed by atoms with van der Waals surface area (Å²) in [6.07, 6.45) is 5.04. The third-order valence-corrected chi connectivity index (χ3v) is 8.05. The number of amides is 1. The first-order chi connectivity index (χ1) is 14.2. The Kier molecular flexibility index (Phi) is 5.01. The number of fused-ring (bicyclic) bond motifs is 1. The number of carbonyl (C=O) groups is 1. The van der Waals surface area contributed by atoms with Crippen molar-refractivity contribution in [3.8, 4) is 10.8 Å². The Hall–Kier alpha value is -2.38. The summed E-state index contributed by atoms with van der Waals surface area (Å²) in [7, 11) is 0. The first kappa shape index (κ1) is 18.6. The van der Waals surface area contributed by atoms with Crippen molar-refractivity contribution in [1.82, 2.24) is 9.47 Å². The van der Waals surface area contributed by atoms with Crippen molar-refractivity contribution >= 4 is 34.7 Å². The van der Waals surface area contributed by atoms with Gasteiger partial charge in [-0.25, -0.2) is 0 Å². The molecule has 1 aromatic carbocycles. The van der Waals surface area contributed by atoms with Gasteiger partial charge in [0.15, 0.2) is 0 Å². The minimum absolute atomic E-state index is 0.170. The number of piperazine rings is 1. The summed E-state index contributed by atoms with van der Waals surface area (Å²) in [5, 5.41) is 10.6. The molecule has 1 N–H and O–H groups in total. The second-order valence-electron chi connectivity index (χ2n) is 7.37. The molecule has 0 aliphatic carbocycles. The predicted molar refractivity (Wildman–Crippen MR) is 120 cm³/mol. The van der Waals surface area contributed by atoms with E-state index in [4.69, 9.17) is 0 Å². The molecular weight excluding hydrogens is 402 g/mol. The molecule has 0 saturated carbocycles. The van der Waals surface area contributed by atoms with E-state index >= 15 is 0 Å². The number of anilines is 1. The Morgan fingerprint density at radius 1 is 1.00 bits per heavy atom. The second-order valence-corrected chi connectivity index (χ2v) is 9.56. The van der Waals surface area contributed by atoms with Crippen LogP contribution in [0.4, 0.5) is 5.69 Å². The van der Waals surface area contributed by atoms with Crippen LogP contribution >= 0.6 is 23.1 Å². The molecule has 3 aromatic rings. The fourth-order valence-electron chi connectivity index (χ4n) is 4.08. The lowest BCUT2D eigenvalue weighted by Gasteiger charge is -2.36. The van der Waals surface area contributed by atoms with Crippen molar-refractivity contribution in [3.63, 3.8) is 0 Å². The first-order valence-corrected chi connectivity index (χ1v) is 11.9. The van der Waals surface area contributed by atoms with E-state index in [0.717, 1.165) is 47.3 Å². The predicted octanol–water partition coefficient (Wildman–Crippen LogP) is 4.00. The van der Waals surface area contributed by atoms with E-state index < -0.39 is 0 Å². The summed E-state index contributed by atoms with van der Waals surface area (Å²) in [5.41, 5.74) is 3.27. The van der Waals surface area contributed by atoms with Gasteiger partial charge in [-0.1, -0.05) is 0 Å². The lowest BCUT2D eigenvalue weighted by atomic mass is 10.1. The van der Waals surface area contributed by atoms with Gasteiger partial charge in [0.05, 0.1) is 5.56 Å². The van der Waals surface area contributed by atoms with Gasteiger partial charge in [-0.2, -0.15) is 11.8 Å². The second kappa shape index (κ2) is 7.80. The molecule has 29 heavy (non-hydrogen) atoms. The highest BCUT2D eigenvalue weighted by atomic mass is 32.2. The molecule has 2 aromatic heterocycles. The molecule has 7 heteroatoms. The molecule has 0 atom stereocenters. The van der Waals surface area contributed by atoms with E-state index in [-0.39, 0.29) is 11.7 Å². The van der Waals surface area contributed by atoms with E-state index in [0.29, 0.717) is 13.1 Å². The number of carbonyl (C=O) groups excluding carboxylic acids is 1. The van der Waals surface area contributed by atoms with Crippen LogP contribution in [-0.2, 0) is 12.2 Å². The average molecular weight is 426 g/mol. The average Bonchev–Trinajstić information content (AvgIpc) is 3.42. The maximum atomic E-state index is 13.6. The Balaban J connectivity index is 1.39. The molecular formula is C22H23N3O2S2. The van der Waals surface area contributed by atoms with Crippen LogP contribution in [0.15, 0.2) is 48.8 Å². The number of aromatic hydroxyl groups is 1. The number of hydrogen-bond donors (Lipinski definition) is 1. The lowest BCUT2D eigenvalue weighted by Crippen LogP contribution is -2.49. The van der Waals surface area contributed by atoms with Crippen LogP contribution in [0.3, 0.4) is 0 Å². The van der Waals surface area contributed by atoms with Crippen molar-refractivity contribution in [1.29, 1.82) is 0 Å². The number of nitrogens with zero attached hydrogens (tertiary/aromatic N) is 3. The van der Waals surface area contributed by atoms with Gasteiger partial charge in [-0.3, -0.25) is 4.79 Å². The standard InChI is InChI=1S/C22H23N3O2S2/c26-17-5-3-16(4-6-17)23-10-12-24(13-11-23)21(27)20-18-7-14-28-15-19(18)29-22(20)25-8-1-2-9-25/h1-6,8-9,26H,7,10-15H2. The fourth-order valence-corrected chi connectivity index (χ4v) is 6.52. The Morgan fingerprint density at radius 2 is 1.72 bits per heavy atom. The van der Waals surface area contributed by atoms with Crippen molar-refractivity contribution < 1.29 is 9.90 Å². The molecule has 0 radical (unpaired) electrons. The van der Waals surface area contributed by atoms with E-state index in [1.54, 1.807) is 23.5 Å². The van der Waals surface area contributed by atoms with Crippen molar-refractivity contribution in [3.05, 3.63) is 64.8 Å². The molecule has 1 saturated heterocycles. The van der Waals surface area contributed by atoms with E-state index in [9.17, 15) is 9.90 Å². The normalized spacial score (nSPS) is 16.7. The van der Waals surface area contributed by atoms with Gasteiger partial charge in [0.25, 0.3) is 5.91 Å². The highest BCUT2D eigenvalue weighted by Gasteiger charge is 2.31. The van der Waals surface area contributed by atoms with Gasteiger partial charge < -0.3 is 19.5 Å². The van der Waals surface area contributed by atoms with Crippen molar-refractivity contribution in [2.75, 3.05) is 36.8 Å². The Labute approximate surface area is 178 Å². The molecule has 4 heterocycles. The van der Waals surface area contributed by atoms with Crippen LogP contribution in [0.1, 0.15) is 20.8 Å². The molecule has 2 aliphatic heterocycles. The van der Waals surface area contributed by atoms with Gasteiger partial charge in [0.1, 0.15) is 10.8 Å². The van der Waals surface area contributed by atoms with Crippen LogP contribution in [0, 0.1) is 0 Å². The number of rotatable bonds is 3. The molecule has 2 aliphatic rings. The van der Waals surface area contributed by atoms with Crippen LogP contribution < -0.4 is 4.90 Å².